The molecule has 6 heteroatoms. The normalized spacial score (nSPS) is 26.8. The maximum absolute atomic E-state index is 12.6. The number of hydrogen-bond acceptors (Lipinski definition) is 4. The van der Waals surface area contributed by atoms with Crippen molar-refractivity contribution in [1.29, 1.82) is 0 Å². The summed E-state index contributed by atoms with van der Waals surface area (Å²) in [5.74, 6) is -0.881. The molecule has 0 aromatic heterocycles. The fourth-order valence-electron chi connectivity index (χ4n) is 3.03. The summed E-state index contributed by atoms with van der Waals surface area (Å²) in [5.41, 5.74) is -1.54. The molecule has 0 aromatic rings. The van der Waals surface area contributed by atoms with Crippen molar-refractivity contribution in [1.82, 2.24) is 10.2 Å². The first kappa shape index (κ1) is 17.8. The van der Waals surface area contributed by atoms with Gasteiger partial charge in [0.15, 0.2) is 0 Å². The average molecular weight is 300 g/mol. The summed E-state index contributed by atoms with van der Waals surface area (Å²) in [4.78, 5) is 25.2. The van der Waals surface area contributed by atoms with Crippen LogP contribution in [0.15, 0.2) is 0 Å². The summed E-state index contributed by atoms with van der Waals surface area (Å²) >= 11 is 0. The highest BCUT2D eigenvalue weighted by Gasteiger charge is 2.57. The minimum atomic E-state index is -1.01. The van der Waals surface area contributed by atoms with Gasteiger partial charge in [0.1, 0.15) is 5.60 Å². The topological polar surface area (TPSA) is 78.9 Å². The van der Waals surface area contributed by atoms with E-state index >= 15 is 0 Å². The Bertz CT molecular complexity index is 422. The Morgan fingerprint density at radius 2 is 1.76 bits per heavy atom. The van der Waals surface area contributed by atoms with E-state index in [0.717, 1.165) is 0 Å². The summed E-state index contributed by atoms with van der Waals surface area (Å²) in [7, 11) is 1.77. The first-order valence-electron chi connectivity index (χ1n) is 7.24. The number of nitrogens with zero attached hydrogens (tertiary/aromatic N) is 1. The predicted octanol–water partition coefficient (Wildman–Crippen LogP) is 1.94. The third-order valence-electron chi connectivity index (χ3n) is 4.18. The monoisotopic (exact) mass is 300 g/mol. The van der Waals surface area contributed by atoms with E-state index in [2.05, 4.69) is 5.32 Å². The third-order valence-corrected chi connectivity index (χ3v) is 4.18. The van der Waals surface area contributed by atoms with Gasteiger partial charge < -0.3 is 20.1 Å². The molecule has 1 rings (SSSR count). The van der Waals surface area contributed by atoms with E-state index in [1.54, 1.807) is 7.05 Å². The number of esters is 1. The van der Waals surface area contributed by atoms with E-state index in [-0.39, 0.29) is 24.5 Å². The van der Waals surface area contributed by atoms with Crippen LogP contribution in [0.2, 0.25) is 0 Å². The highest BCUT2D eigenvalue weighted by molar-refractivity contribution is 5.78. The van der Waals surface area contributed by atoms with E-state index in [4.69, 9.17) is 4.74 Å². The molecule has 21 heavy (non-hydrogen) atoms. The lowest BCUT2D eigenvalue weighted by Gasteiger charge is -2.45. The van der Waals surface area contributed by atoms with E-state index in [1.165, 1.54) is 4.90 Å². The van der Waals surface area contributed by atoms with Crippen LogP contribution in [-0.2, 0) is 9.53 Å². The van der Waals surface area contributed by atoms with Crippen molar-refractivity contribution in [2.45, 2.75) is 52.7 Å². The van der Waals surface area contributed by atoms with Crippen molar-refractivity contribution in [2.24, 2.45) is 11.3 Å². The molecule has 0 spiro atoms. The number of likely N-dealkylation sites (tertiary alicyclic amines) is 1. The van der Waals surface area contributed by atoms with Crippen molar-refractivity contribution in [2.75, 3.05) is 20.1 Å². The van der Waals surface area contributed by atoms with Crippen molar-refractivity contribution in [3.8, 4) is 0 Å². The summed E-state index contributed by atoms with van der Waals surface area (Å²) in [6.45, 7) is 11.9. The van der Waals surface area contributed by atoms with Gasteiger partial charge in [0.05, 0.1) is 11.5 Å². The lowest BCUT2D eigenvalue weighted by Crippen LogP contribution is -2.61. The van der Waals surface area contributed by atoms with Crippen LogP contribution >= 0.6 is 0 Å². The van der Waals surface area contributed by atoms with Crippen molar-refractivity contribution in [3.05, 3.63) is 0 Å². The molecule has 0 aromatic carbocycles. The largest absolute Gasteiger partial charge is 0.465 e. The first-order valence-corrected chi connectivity index (χ1v) is 7.24. The number of nitrogens with one attached hydrogen (secondary N) is 1. The Labute approximate surface area is 126 Å². The second-order valence-electron chi connectivity index (χ2n) is 7.72. The van der Waals surface area contributed by atoms with Crippen LogP contribution in [0.1, 0.15) is 41.5 Å². The molecule has 2 atom stereocenters. The zero-order valence-corrected chi connectivity index (χ0v) is 14.1. The summed E-state index contributed by atoms with van der Waals surface area (Å²) in [6.07, 6.45) is -1.01. The second-order valence-corrected chi connectivity index (χ2v) is 7.72. The van der Waals surface area contributed by atoms with Crippen molar-refractivity contribution in [3.63, 3.8) is 0 Å². The highest BCUT2D eigenvalue weighted by atomic mass is 16.6. The minimum absolute atomic E-state index is 0.155. The Balaban J connectivity index is 3.18. The van der Waals surface area contributed by atoms with Crippen LogP contribution in [0.25, 0.3) is 0 Å². The number of carboxylic acid groups (broad SMARTS) is 1. The number of ether oxygens (including phenoxy) is 1. The molecule has 1 fully saturated rings. The molecule has 6 nitrogen and oxygen atoms in total. The molecular formula is C15H28N2O4. The maximum Gasteiger partial charge on any atom is 0.407 e. The molecule has 0 aliphatic carbocycles. The van der Waals surface area contributed by atoms with Gasteiger partial charge in [-0.05, 0) is 33.2 Å². The van der Waals surface area contributed by atoms with Gasteiger partial charge >= 0.3 is 12.1 Å². The number of carbonyl (C=O) groups excluding carboxylic acids is 1. The van der Waals surface area contributed by atoms with Gasteiger partial charge in [-0.2, -0.15) is 0 Å². The van der Waals surface area contributed by atoms with Crippen LogP contribution in [0, 0.1) is 11.3 Å². The molecule has 1 saturated heterocycles. The van der Waals surface area contributed by atoms with E-state index < -0.39 is 23.2 Å². The number of likely N-dealkylation sites (N-methyl/N-ethyl adjacent to an activating group) is 1. The third kappa shape index (κ3) is 3.48. The molecule has 0 bridgehead atoms. The van der Waals surface area contributed by atoms with Gasteiger partial charge in [0.25, 0.3) is 0 Å². The van der Waals surface area contributed by atoms with E-state index in [1.807, 2.05) is 41.5 Å². The zero-order valence-electron chi connectivity index (χ0n) is 14.1. The molecule has 1 aliphatic rings. The fourth-order valence-corrected chi connectivity index (χ4v) is 3.03. The Hall–Kier alpha value is -1.30. The van der Waals surface area contributed by atoms with Crippen LogP contribution in [0.3, 0.4) is 0 Å². The van der Waals surface area contributed by atoms with Gasteiger partial charge in [-0.15, -0.1) is 0 Å². The number of hydrogen-bond donors (Lipinski definition) is 2. The molecule has 1 heterocycles. The number of amides is 1. The average Bonchev–Trinajstić information content (AvgIpc) is 2.66. The standard InChI is InChI=1S/C15H28N2O4/c1-13(2,3)15(16-7)9-17(12(19)20)8-10(15)11(18)21-14(4,5)6/h10,16H,8-9H2,1-7H3,(H,19,20). The van der Waals surface area contributed by atoms with Gasteiger partial charge in [-0.25, -0.2) is 4.79 Å². The molecular weight excluding hydrogens is 272 g/mol. The summed E-state index contributed by atoms with van der Waals surface area (Å²) < 4.78 is 5.50. The SMILES string of the molecule is CNC1(C(C)(C)C)CN(C(=O)O)CC1C(=O)OC(C)(C)C. The van der Waals surface area contributed by atoms with Crippen LogP contribution in [-0.4, -0.2) is 53.3 Å². The number of carbonyl (C=O) groups is 2. The summed E-state index contributed by atoms with van der Waals surface area (Å²) in [6, 6.07) is 0. The van der Waals surface area contributed by atoms with Crippen LogP contribution in [0.4, 0.5) is 4.79 Å². The zero-order chi connectivity index (χ0) is 16.6. The quantitative estimate of drug-likeness (QED) is 0.762. The molecule has 1 aliphatic heterocycles. The highest BCUT2D eigenvalue weighted by Crippen LogP contribution is 2.42. The fraction of sp³-hybridized carbons (Fsp3) is 0.867. The van der Waals surface area contributed by atoms with E-state index in [9.17, 15) is 14.7 Å². The lowest BCUT2D eigenvalue weighted by atomic mass is 9.67. The van der Waals surface area contributed by atoms with Crippen molar-refractivity contribution >= 4 is 12.1 Å². The molecule has 2 unspecified atom stereocenters. The Morgan fingerprint density at radius 1 is 1.24 bits per heavy atom. The lowest BCUT2D eigenvalue weighted by molar-refractivity contribution is -0.163. The van der Waals surface area contributed by atoms with Crippen molar-refractivity contribution < 1.29 is 19.4 Å². The molecule has 1 amide bonds. The van der Waals surface area contributed by atoms with Crippen LogP contribution < -0.4 is 5.32 Å². The first-order chi connectivity index (χ1) is 9.34. The molecule has 2 N–H and O–H groups in total. The van der Waals surface area contributed by atoms with Crippen LogP contribution in [0.5, 0.6) is 0 Å². The molecule has 0 radical (unpaired) electrons. The summed E-state index contributed by atoms with van der Waals surface area (Å²) in [5, 5.41) is 12.5. The van der Waals surface area contributed by atoms with E-state index in [0.29, 0.717) is 0 Å². The Kier molecular flexibility index (Phi) is 4.63. The maximum atomic E-state index is 12.6. The second kappa shape index (κ2) is 5.48. The molecule has 122 valence electrons. The van der Waals surface area contributed by atoms with Gasteiger partial charge in [-0.1, -0.05) is 20.8 Å². The number of rotatable bonds is 2. The Morgan fingerprint density at radius 3 is 2.10 bits per heavy atom. The molecule has 0 saturated carbocycles. The minimum Gasteiger partial charge on any atom is -0.465 e. The predicted molar refractivity (Wildman–Crippen MR) is 80.2 cm³/mol. The smallest absolute Gasteiger partial charge is 0.407 e. The van der Waals surface area contributed by atoms with Gasteiger partial charge in [-0.3, -0.25) is 4.79 Å². The van der Waals surface area contributed by atoms with Gasteiger partial charge in [0.2, 0.25) is 0 Å². The van der Waals surface area contributed by atoms with Gasteiger partial charge in [0, 0.05) is 13.1 Å².